The van der Waals surface area contributed by atoms with Crippen LogP contribution in [0.15, 0.2) is 77.9 Å². The molecule has 0 saturated heterocycles. The number of anilines is 1. The third-order valence-electron chi connectivity index (χ3n) is 3.24. The van der Waals surface area contributed by atoms with Crippen molar-refractivity contribution in [3.05, 3.63) is 78.5 Å². The predicted molar refractivity (Wildman–Crippen MR) is 92.9 cm³/mol. The fourth-order valence-electron chi connectivity index (χ4n) is 2.10. The summed E-state index contributed by atoms with van der Waals surface area (Å²) in [4.78, 5) is 12.9. The molecule has 1 aromatic heterocycles. The zero-order valence-electron chi connectivity index (χ0n) is 12.6. The summed E-state index contributed by atoms with van der Waals surface area (Å²) in [5.41, 5.74) is 8.85. The molecule has 2 aromatic carbocycles. The van der Waals surface area contributed by atoms with Gasteiger partial charge in [0, 0.05) is 11.8 Å². The lowest BCUT2D eigenvalue weighted by Crippen LogP contribution is -2.24. The first kappa shape index (κ1) is 14.7. The minimum Gasteiger partial charge on any atom is -0.370 e. The van der Waals surface area contributed by atoms with E-state index >= 15 is 0 Å². The lowest BCUT2D eigenvalue weighted by Gasteiger charge is -2.06. The van der Waals surface area contributed by atoms with Crippen molar-refractivity contribution in [3.63, 3.8) is 0 Å². The lowest BCUT2D eigenvalue weighted by molar-refractivity contribution is 1.05. The number of hydrogen-bond donors (Lipinski definition) is 2. The molecule has 1 heterocycles. The number of nitrogens with two attached hydrogens (primary N) is 1. The molecule has 0 amide bonds. The smallest absolute Gasteiger partial charge is 0.230 e. The Morgan fingerprint density at radius 1 is 0.957 bits per heavy atom. The van der Waals surface area contributed by atoms with Crippen LogP contribution in [-0.4, -0.2) is 15.9 Å². The minimum absolute atomic E-state index is 0.291. The molecule has 0 atom stereocenters. The molecule has 0 unspecified atom stereocenters. The molecule has 5 heteroatoms. The summed E-state index contributed by atoms with van der Waals surface area (Å²) in [5.74, 6) is 0.722. The van der Waals surface area contributed by atoms with Gasteiger partial charge < -0.3 is 5.73 Å². The van der Waals surface area contributed by atoms with Crippen LogP contribution in [0.25, 0.3) is 11.3 Å². The van der Waals surface area contributed by atoms with Gasteiger partial charge in [-0.1, -0.05) is 60.7 Å². The van der Waals surface area contributed by atoms with Crippen LogP contribution >= 0.6 is 0 Å². The largest absolute Gasteiger partial charge is 0.370 e. The quantitative estimate of drug-likeness (QED) is 0.573. The van der Waals surface area contributed by atoms with E-state index in [-0.39, 0.29) is 0 Å². The summed E-state index contributed by atoms with van der Waals surface area (Å²) in [5, 5.41) is 2.93. The maximum atomic E-state index is 5.90. The SMILES string of the molecule is NC(=NCc1ccccc1)Nc1nccc(-c2ccccc2)n1. The molecule has 114 valence electrons. The highest BCUT2D eigenvalue weighted by Crippen LogP contribution is 2.16. The Labute approximate surface area is 134 Å². The number of guanidine groups is 1. The molecule has 23 heavy (non-hydrogen) atoms. The molecule has 0 aliphatic rings. The Bertz CT molecular complexity index is 785. The van der Waals surface area contributed by atoms with Crippen LogP contribution in [0.2, 0.25) is 0 Å². The number of aromatic nitrogens is 2. The summed E-state index contributed by atoms with van der Waals surface area (Å²) < 4.78 is 0. The molecule has 5 nitrogen and oxygen atoms in total. The Hall–Kier alpha value is -3.21. The van der Waals surface area contributed by atoms with Crippen molar-refractivity contribution in [2.45, 2.75) is 6.54 Å². The third kappa shape index (κ3) is 4.14. The first-order chi connectivity index (χ1) is 11.3. The van der Waals surface area contributed by atoms with Gasteiger partial charge in [0.05, 0.1) is 12.2 Å². The van der Waals surface area contributed by atoms with Crippen molar-refractivity contribution in [3.8, 4) is 11.3 Å². The zero-order valence-corrected chi connectivity index (χ0v) is 12.6. The van der Waals surface area contributed by atoms with Gasteiger partial charge in [-0.15, -0.1) is 0 Å². The molecule has 3 N–H and O–H groups in total. The van der Waals surface area contributed by atoms with Crippen LogP contribution in [0, 0.1) is 0 Å². The van der Waals surface area contributed by atoms with Crippen LogP contribution in [0.1, 0.15) is 5.56 Å². The van der Waals surface area contributed by atoms with Crippen molar-refractivity contribution in [2.75, 3.05) is 5.32 Å². The van der Waals surface area contributed by atoms with E-state index in [2.05, 4.69) is 20.3 Å². The molecule has 0 spiro atoms. The van der Waals surface area contributed by atoms with Gasteiger partial charge in [-0.05, 0) is 11.6 Å². The van der Waals surface area contributed by atoms with Gasteiger partial charge in [-0.2, -0.15) is 0 Å². The molecule has 3 rings (SSSR count). The van der Waals surface area contributed by atoms with Gasteiger partial charge in [0.15, 0.2) is 5.96 Å². The second-order valence-electron chi connectivity index (χ2n) is 4.94. The van der Waals surface area contributed by atoms with Gasteiger partial charge in [0.1, 0.15) is 0 Å². The average molecular weight is 303 g/mol. The monoisotopic (exact) mass is 303 g/mol. The molecule has 0 saturated carbocycles. The zero-order chi connectivity index (χ0) is 15.9. The summed E-state index contributed by atoms with van der Waals surface area (Å²) in [6, 6.07) is 21.7. The van der Waals surface area contributed by atoms with E-state index in [0.29, 0.717) is 18.5 Å². The van der Waals surface area contributed by atoms with Crippen molar-refractivity contribution < 1.29 is 0 Å². The standard InChI is InChI=1S/C18H17N5/c19-17(21-13-14-7-3-1-4-8-14)23-18-20-12-11-16(22-18)15-9-5-2-6-10-15/h1-12H,13H2,(H3,19,20,21,22,23). The second-order valence-corrected chi connectivity index (χ2v) is 4.94. The number of benzene rings is 2. The third-order valence-corrected chi connectivity index (χ3v) is 3.24. The highest BCUT2D eigenvalue weighted by molar-refractivity contribution is 5.90. The second kappa shape index (κ2) is 7.17. The highest BCUT2D eigenvalue weighted by Gasteiger charge is 2.02. The fourth-order valence-corrected chi connectivity index (χ4v) is 2.10. The van der Waals surface area contributed by atoms with Crippen molar-refractivity contribution >= 4 is 11.9 Å². The van der Waals surface area contributed by atoms with Gasteiger partial charge in [-0.25, -0.2) is 15.0 Å². The summed E-state index contributed by atoms with van der Waals surface area (Å²) in [6.45, 7) is 0.512. The lowest BCUT2D eigenvalue weighted by atomic mass is 10.1. The van der Waals surface area contributed by atoms with Gasteiger partial charge in [-0.3, -0.25) is 5.32 Å². The maximum Gasteiger partial charge on any atom is 0.230 e. The molecule has 0 radical (unpaired) electrons. The molecule has 0 fully saturated rings. The number of rotatable bonds is 4. The van der Waals surface area contributed by atoms with Crippen LogP contribution in [-0.2, 0) is 6.54 Å². The Balaban J connectivity index is 1.70. The summed E-state index contributed by atoms with van der Waals surface area (Å²) >= 11 is 0. The Kier molecular flexibility index (Phi) is 4.59. The molecular weight excluding hydrogens is 286 g/mol. The summed E-state index contributed by atoms with van der Waals surface area (Å²) in [6.07, 6.45) is 1.70. The van der Waals surface area contributed by atoms with Gasteiger partial charge >= 0.3 is 0 Å². The highest BCUT2D eigenvalue weighted by atomic mass is 15.2. The molecular formula is C18H17N5. The predicted octanol–water partition coefficient (Wildman–Crippen LogP) is 3.07. The maximum absolute atomic E-state index is 5.90. The fraction of sp³-hybridized carbons (Fsp3) is 0.0556. The topological polar surface area (TPSA) is 76.2 Å². The van der Waals surface area contributed by atoms with Crippen molar-refractivity contribution in [2.24, 2.45) is 10.7 Å². The average Bonchev–Trinajstić information content (AvgIpc) is 2.62. The summed E-state index contributed by atoms with van der Waals surface area (Å²) in [7, 11) is 0. The van der Waals surface area contributed by atoms with Gasteiger partial charge in [0.25, 0.3) is 0 Å². The van der Waals surface area contributed by atoms with Gasteiger partial charge in [0.2, 0.25) is 5.95 Å². The van der Waals surface area contributed by atoms with Crippen LogP contribution in [0.4, 0.5) is 5.95 Å². The van der Waals surface area contributed by atoms with Crippen molar-refractivity contribution in [1.82, 2.24) is 9.97 Å². The van der Waals surface area contributed by atoms with Crippen LogP contribution in [0.3, 0.4) is 0 Å². The molecule has 0 aliphatic heterocycles. The minimum atomic E-state index is 0.291. The van der Waals surface area contributed by atoms with Crippen LogP contribution in [0.5, 0.6) is 0 Å². The molecule has 0 aliphatic carbocycles. The number of aliphatic imine (C=N–C) groups is 1. The van der Waals surface area contributed by atoms with E-state index in [9.17, 15) is 0 Å². The van der Waals surface area contributed by atoms with E-state index < -0.39 is 0 Å². The molecule has 3 aromatic rings. The van der Waals surface area contributed by atoms with E-state index in [1.807, 2.05) is 66.7 Å². The number of nitrogens with one attached hydrogen (secondary N) is 1. The van der Waals surface area contributed by atoms with E-state index in [1.165, 1.54) is 0 Å². The van der Waals surface area contributed by atoms with E-state index in [1.54, 1.807) is 6.20 Å². The normalized spacial score (nSPS) is 11.2. The van der Waals surface area contributed by atoms with Crippen molar-refractivity contribution in [1.29, 1.82) is 0 Å². The Morgan fingerprint density at radius 3 is 2.39 bits per heavy atom. The Morgan fingerprint density at radius 2 is 1.65 bits per heavy atom. The van der Waals surface area contributed by atoms with E-state index in [0.717, 1.165) is 16.8 Å². The molecule has 0 bridgehead atoms. The van der Waals surface area contributed by atoms with E-state index in [4.69, 9.17) is 5.73 Å². The first-order valence-corrected chi connectivity index (χ1v) is 7.30. The number of nitrogens with zero attached hydrogens (tertiary/aromatic N) is 3. The number of hydrogen-bond acceptors (Lipinski definition) is 3. The first-order valence-electron chi connectivity index (χ1n) is 7.30. The van der Waals surface area contributed by atoms with Crippen LogP contribution < -0.4 is 11.1 Å².